The molecule has 4 heteroatoms. The molecule has 0 aromatic heterocycles. The molecular weight excluding hydrogens is 242 g/mol. The van der Waals surface area contributed by atoms with Gasteiger partial charge in [-0.05, 0) is 32.6 Å². The second kappa shape index (κ2) is 6.22. The number of allylic oxidation sites excluding steroid dienone is 2. The zero-order chi connectivity index (χ0) is 13.8. The Bertz CT molecular complexity index is 378. The van der Waals surface area contributed by atoms with Crippen LogP contribution in [0, 0.1) is 11.8 Å². The van der Waals surface area contributed by atoms with Crippen molar-refractivity contribution in [1.82, 2.24) is 4.90 Å². The second-order valence-corrected chi connectivity index (χ2v) is 5.72. The molecule has 2 rings (SSSR count). The summed E-state index contributed by atoms with van der Waals surface area (Å²) in [5.41, 5.74) is 0. The van der Waals surface area contributed by atoms with E-state index in [9.17, 15) is 14.7 Å². The van der Waals surface area contributed by atoms with Crippen LogP contribution in [0.1, 0.15) is 45.4 Å². The molecule has 1 unspecified atom stereocenters. The van der Waals surface area contributed by atoms with Crippen LogP contribution in [0.25, 0.3) is 0 Å². The van der Waals surface area contributed by atoms with Gasteiger partial charge in [0, 0.05) is 12.6 Å². The molecule has 4 nitrogen and oxygen atoms in total. The lowest BCUT2D eigenvalue weighted by Gasteiger charge is -2.33. The fraction of sp³-hybridized carbons (Fsp3) is 0.733. The molecule has 3 atom stereocenters. The van der Waals surface area contributed by atoms with Crippen LogP contribution in [0.2, 0.25) is 0 Å². The van der Waals surface area contributed by atoms with Gasteiger partial charge in [0.1, 0.15) is 0 Å². The van der Waals surface area contributed by atoms with E-state index >= 15 is 0 Å². The first-order valence-electron chi connectivity index (χ1n) is 7.29. The predicted molar refractivity (Wildman–Crippen MR) is 72.6 cm³/mol. The topological polar surface area (TPSA) is 57.6 Å². The van der Waals surface area contributed by atoms with Crippen molar-refractivity contribution < 1.29 is 14.7 Å². The maximum absolute atomic E-state index is 12.7. The minimum Gasteiger partial charge on any atom is -0.481 e. The number of amides is 1. The maximum atomic E-state index is 12.7. The summed E-state index contributed by atoms with van der Waals surface area (Å²) in [6.07, 6.45) is 9.28. The average molecular weight is 265 g/mol. The van der Waals surface area contributed by atoms with E-state index in [1.807, 2.05) is 17.1 Å². The first-order valence-corrected chi connectivity index (χ1v) is 7.29. The number of hydrogen-bond donors (Lipinski definition) is 1. The third-order valence-electron chi connectivity index (χ3n) is 4.40. The predicted octanol–water partition coefficient (Wildman–Crippen LogP) is 2.44. The van der Waals surface area contributed by atoms with Gasteiger partial charge in [-0.3, -0.25) is 9.59 Å². The van der Waals surface area contributed by atoms with E-state index in [0.717, 1.165) is 25.8 Å². The van der Waals surface area contributed by atoms with Gasteiger partial charge in [-0.2, -0.15) is 0 Å². The summed E-state index contributed by atoms with van der Waals surface area (Å²) >= 11 is 0. The van der Waals surface area contributed by atoms with E-state index in [1.165, 1.54) is 6.42 Å². The lowest BCUT2D eigenvalue weighted by atomic mass is 9.82. The van der Waals surface area contributed by atoms with Crippen LogP contribution in [0.5, 0.6) is 0 Å². The van der Waals surface area contributed by atoms with Gasteiger partial charge >= 0.3 is 5.97 Å². The monoisotopic (exact) mass is 265 g/mol. The number of likely N-dealkylation sites (tertiary alicyclic amines) is 1. The van der Waals surface area contributed by atoms with Gasteiger partial charge in [-0.1, -0.05) is 25.0 Å². The van der Waals surface area contributed by atoms with Crippen LogP contribution in [-0.2, 0) is 9.59 Å². The molecule has 2 aliphatic rings. The van der Waals surface area contributed by atoms with E-state index < -0.39 is 11.9 Å². The van der Waals surface area contributed by atoms with Crippen molar-refractivity contribution in [3.8, 4) is 0 Å². The molecule has 1 fully saturated rings. The molecule has 0 radical (unpaired) electrons. The van der Waals surface area contributed by atoms with Gasteiger partial charge in [0.05, 0.1) is 11.8 Å². The molecule has 0 aromatic rings. The number of hydrogen-bond acceptors (Lipinski definition) is 2. The molecule has 19 heavy (non-hydrogen) atoms. The number of carbonyl (C=O) groups is 2. The lowest BCUT2D eigenvalue weighted by molar-refractivity contribution is -0.151. The molecule has 1 aliphatic carbocycles. The Morgan fingerprint density at radius 1 is 1.11 bits per heavy atom. The third-order valence-corrected chi connectivity index (χ3v) is 4.40. The van der Waals surface area contributed by atoms with Crippen molar-refractivity contribution in [2.24, 2.45) is 11.8 Å². The number of aliphatic carboxylic acids is 1. The Labute approximate surface area is 114 Å². The molecule has 1 saturated heterocycles. The first-order chi connectivity index (χ1) is 9.11. The summed E-state index contributed by atoms with van der Waals surface area (Å²) in [6, 6.07) is 0.246. The fourth-order valence-electron chi connectivity index (χ4n) is 3.18. The van der Waals surface area contributed by atoms with Gasteiger partial charge in [0.2, 0.25) is 5.91 Å². The zero-order valence-electron chi connectivity index (χ0n) is 11.5. The van der Waals surface area contributed by atoms with Crippen LogP contribution >= 0.6 is 0 Å². The van der Waals surface area contributed by atoms with Crippen LogP contribution in [0.3, 0.4) is 0 Å². The molecule has 0 spiro atoms. The Hall–Kier alpha value is -1.32. The van der Waals surface area contributed by atoms with Crippen molar-refractivity contribution in [2.45, 2.75) is 51.5 Å². The van der Waals surface area contributed by atoms with E-state index in [1.54, 1.807) is 0 Å². The molecule has 1 amide bonds. The number of nitrogens with zero attached hydrogens (tertiary/aromatic N) is 1. The average Bonchev–Trinajstić information content (AvgIpc) is 2.62. The number of carboxylic acids is 1. The van der Waals surface area contributed by atoms with Crippen molar-refractivity contribution in [3.05, 3.63) is 12.2 Å². The Morgan fingerprint density at radius 2 is 1.79 bits per heavy atom. The Balaban J connectivity index is 2.12. The summed E-state index contributed by atoms with van der Waals surface area (Å²) in [7, 11) is 0. The lowest BCUT2D eigenvalue weighted by Crippen LogP contribution is -2.45. The molecule has 0 saturated carbocycles. The first kappa shape index (κ1) is 14.1. The molecule has 1 N–H and O–H groups in total. The van der Waals surface area contributed by atoms with Gasteiger partial charge < -0.3 is 10.0 Å². The van der Waals surface area contributed by atoms with Crippen molar-refractivity contribution in [1.29, 1.82) is 0 Å². The van der Waals surface area contributed by atoms with E-state index in [0.29, 0.717) is 12.8 Å². The molecule has 106 valence electrons. The smallest absolute Gasteiger partial charge is 0.307 e. The highest BCUT2D eigenvalue weighted by atomic mass is 16.4. The molecule has 1 aliphatic heterocycles. The quantitative estimate of drug-likeness (QED) is 0.780. The number of rotatable bonds is 2. The van der Waals surface area contributed by atoms with E-state index in [4.69, 9.17) is 0 Å². The van der Waals surface area contributed by atoms with Crippen LogP contribution in [0.4, 0.5) is 0 Å². The standard InChI is InChI=1S/C15H23NO3/c1-11-7-3-2-6-10-16(11)14(17)12-8-4-5-9-13(12)15(18)19/h4-5,11-13H,2-3,6-10H2,1H3,(H,18,19)/t11?,12-,13+/m1/s1. The highest BCUT2D eigenvalue weighted by Crippen LogP contribution is 2.29. The number of carboxylic acid groups (broad SMARTS) is 1. The molecule has 0 bridgehead atoms. The van der Waals surface area contributed by atoms with E-state index in [-0.39, 0.29) is 17.9 Å². The molecule has 1 heterocycles. The number of carbonyl (C=O) groups excluding carboxylic acids is 1. The van der Waals surface area contributed by atoms with Gasteiger partial charge in [0.25, 0.3) is 0 Å². The maximum Gasteiger partial charge on any atom is 0.307 e. The zero-order valence-corrected chi connectivity index (χ0v) is 11.5. The largest absolute Gasteiger partial charge is 0.481 e. The van der Waals surface area contributed by atoms with Crippen LogP contribution in [-0.4, -0.2) is 34.5 Å². The molecular formula is C15H23NO3. The second-order valence-electron chi connectivity index (χ2n) is 5.72. The van der Waals surface area contributed by atoms with Gasteiger partial charge in [-0.15, -0.1) is 0 Å². The van der Waals surface area contributed by atoms with Crippen LogP contribution in [0.15, 0.2) is 12.2 Å². The Kier molecular flexibility index (Phi) is 4.61. The van der Waals surface area contributed by atoms with E-state index in [2.05, 4.69) is 6.92 Å². The van der Waals surface area contributed by atoms with Crippen molar-refractivity contribution in [3.63, 3.8) is 0 Å². The third kappa shape index (κ3) is 3.17. The highest BCUT2D eigenvalue weighted by Gasteiger charge is 2.37. The van der Waals surface area contributed by atoms with Gasteiger partial charge in [-0.25, -0.2) is 0 Å². The Morgan fingerprint density at radius 3 is 2.47 bits per heavy atom. The molecule has 0 aromatic carbocycles. The SMILES string of the molecule is CC1CCCCCN1C(=O)[C@@H]1CC=CC[C@@H]1C(=O)O. The summed E-state index contributed by atoms with van der Waals surface area (Å²) in [5.74, 6) is -1.72. The summed E-state index contributed by atoms with van der Waals surface area (Å²) < 4.78 is 0. The van der Waals surface area contributed by atoms with Crippen molar-refractivity contribution >= 4 is 11.9 Å². The minimum atomic E-state index is -0.842. The van der Waals surface area contributed by atoms with Crippen LogP contribution < -0.4 is 0 Å². The summed E-state index contributed by atoms with van der Waals surface area (Å²) in [4.78, 5) is 25.9. The summed E-state index contributed by atoms with van der Waals surface area (Å²) in [5, 5.41) is 9.27. The minimum absolute atomic E-state index is 0.0474. The van der Waals surface area contributed by atoms with Gasteiger partial charge in [0.15, 0.2) is 0 Å². The normalized spacial score (nSPS) is 31.8. The van der Waals surface area contributed by atoms with Crippen molar-refractivity contribution in [2.75, 3.05) is 6.54 Å². The summed E-state index contributed by atoms with van der Waals surface area (Å²) in [6.45, 7) is 2.87. The fourth-order valence-corrected chi connectivity index (χ4v) is 3.18. The highest BCUT2D eigenvalue weighted by molar-refractivity contribution is 5.85.